The molecule has 2 N–H and O–H groups in total. The van der Waals surface area contributed by atoms with Crippen LogP contribution in [-0.2, 0) is 6.54 Å². The van der Waals surface area contributed by atoms with Gasteiger partial charge >= 0.3 is 0 Å². The average Bonchev–Trinajstić information content (AvgIpc) is 2.86. The number of nitrogens with two attached hydrogens (primary N) is 1. The fourth-order valence-corrected chi connectivity index (χ4v) is 2.91. The van der Waals surface area contributed by atoms with Crippen LogP contribution in [0.15, 0.2) is 32.5 Å². The minimum absolute atomic E-state index is 0.269. The molecule has 0 saturated carbocycles. The largest absolute Gasteiger partial charge is 0.338 e. The van der Waals surface area contributed by atoms with Crippen LogP contribution in [0.25, 0.3) is 11.4 Å². The molecular formula is C11H13N3OS2. The second-order valence-corrected chi connectivity index (χ2v) is 4.98. The fraction of sp³-hybridized carbons (Fsp3) is 0.273. The van der Waals surface area contributed by atoms with Gasteiger partial charge in [0, 0.05) is 15.4 Å². The Morgan fingerprint density at radius 2 is 2.00 bits per heavy atom. The minimum atomic E-state index is 0.269. The van der Waals surface area contributed by atoms with Gasteiger partial charge in [0.2, 0.25) is 11.7 Å². The average molecular weight is 267 g/mol. The first-order chi connectivity index (χ1) is 8.28. The highest BCUT2D eigenvalue weighted by Gasteiger charge is 2.09. The van der Waals surface area contributed by atoms with Crippen molar-refractivity contribution in [2.75, 3.05) is 12.5 Å². The summed E-state index contributed by atoms with van der Waals surface area (Å²) >= 11 is 3.44. The standard InChI is InChI=1S/C11H13N3OS2/c1-16-8-4-3-7(5-9(8)17-2)11-13-10(6-12)15-14-11/h3-5H,6,12H2,1-2H3. The van der Waals surface area contributed by atoms with E-state index in [1.54, 1.807) is 23.5 Å². The van der Waals surface area contributed by atoms with Crippen LogP contribution in [0.4, 0.5) is 0 Å². The predicted octanol–water partition coefficient (Wildman–Crippen LogP) is 2.64. The summed E-state index contributed by atoms with van der Waals surface area (Å²) in [6.07, 6.45) is 4.12. The van der Waals surface area contributed by atoms with Gasteiger partial charge in [-0.15, -0.1) is 23.5 Å². The minimum Gasteiger partial charge on any atom is -0.338 e. The van der Waals surface area contributed by atoms with Crippen LogP contribution in [0.2, 0.25) is 0 Å². The lowest BCUT2D eigenvalue weighted by Gasteiger charge is -2.05. The highest BCUT2D eigenvalue weighted by atomic mass is 32.2. The highest BCUT2D eigenvalue weighted by Crippen LogP contribution is 2.31. The molecule has 0 unspecified atom stereocenters. The third kappa shape index (κ3) is 2.65. The monoisotopic (exact) mass is 267 g/mol. The van der Waals surface area contributed by atoms with E-state index in [4.69, 9.17) is 10.3 Å². The maximum Gasteiger partial charge on any atom is 0.240 e. The van der Waals surface area contributed by atoms with E-state index in [1.807, 2.05) is 6.07 Å². The fourth-order valence-electron chi connectivity index (χ4n) is 1.43. The third-order valence-corrected chi connectivity index (χ3v) is 3.99. The summed E-state index contributed by atoms with van der Waals surface area (Å²) in [4.78, 5) is 6.68. The predicted molar refractivity (Wildman–Crippen MR) is 71.2 cm³/mol. The number of aromatic nitrogens is 2. The van der Waals surface area contributed by atoms with Crippen LogP contribution in [0.3, 0.4) is 0 Å². The molecule has 0 aliphatic rings. The van der Waals surface area contributed by atoms with Crippen LogP contribution in [0, 0.1) is 0 Å². The van der Waals surface area contributed by atoms with Gasteiger partial charge in [-0.2, -0.15) is 4.98 Å². The van der Waals surface area contributed by atoms with Crippen molar-refractivity contribution >= 4 is 23.5 Å². The molecule has 0 aliphatic carbocycles. The van der Waals surface area contributed by atoms with E-state index in [0.717, 1.165) is 5.56 Å². The number of thioether (sulfide) groups is 2. The Labute approximate surface area is 108 Å². The maximum absolute atomic E-state index is 5.44. The molecule has 17 heavy (non-hydrogen) atoms. The van der Waals surface area contributed by atoms with Crippen molar-refractivity contribution in [3.05, 3.63) is 24.1 Å². The summed E-state index contributed by atoms with van der Waals surface area (Å²) < 4.78 is 5.00. The summed E-state index contributed by atoms with van der Waals surface area (Å²) in [7, 11) is 0. The summed E-state index contributed by atoms with van der Waals surface area (Å²) in [5.74, 6) is 1.05. The lowest BCUT2D eigenvalue weighted by molar-refractivity contribution is 0.380. The molecular weight excluding hydrogens is 254 g/mol. The van der Waals surface area contributed by atoms with Crippen molar-refractivity contribution in [3.63, 3.8) is 0 Å². The van der Waals surface area contributed by atoms with E-state index in [1.165, 1.54) is 9.79 Å². The smallest absolute Gasteiger partial charge is 0.240 e. The van der Waals surface area contributed by atoms with Crippen LogP contribution < -0.4 is 5.73 Å². The zero-order valence-electron chi connectivity index (χ0n) is 9.64. The first kappa shape index (κ1) is 12.5. The van der Waals surface area contributed by atoms with Crippen LogP contribution in [0.5, 0.6) is 0 Å². The molecule has 2 rings (SSSR count). The molecule has 90 valence electrons. The van der Waals surface area contributed by atoms with Crippen molar-refractivity contribution in [1.82, 2.24) is 10.1 Å². The molecule has 1 aromatic heterocycles. The third-order valence-electron chi connectivity index (χ3n) is 2.28. The van der Waals surface area contributed by atoms with Gasteiger partial charge in [-0.05, 0) is 30.7 Å². The highest BCUT2D eigenvalue weighted by molar-refractivity contribution is 8.01. The van der Waals surface area contributed by atoms with Gasteiger partial charge in [-0.25, -0.2) is 0 Å². The first-order valence-electron chi connectivity index (χ1n) is 5.03. The molecule has 0 amide bonds. The lowest BCUT2D eigenvalue weighted by atomic mass is 10.2. The summed E-state index contributed by atoms with van der Waals surface area (Å²) in [5.41, 5.74) is 6.39. The molecule has 4 nitrogen and oxygen atoms in total. The zero-order valence-corrected chi connectivity index (χ0v) is 11.3. The van der Waals surface area contributed by atoms with Gasteiger partial charge in [-0.3, -0.25) is 0 Å². The molecule has 0 atom stereocenters. The summed E-state index contributed by atoms with van der Waals surface area (Å²) in [6.45, 7) is 0.269. The molecule has 0 spiro atoms. The number of hydrogen-bond acceptors (Lipinski definition) is 6. The second kappa shape index (κ2) is 5.57. The van der Waals surface area contributed by atoms with Crippen molar-refractivity contribution in [2.24, 2.45) is 5.73 Å². The molecule has 0 fully saturated rings. The molecule has 0 bridgehead atoms. The molecule has 1 heterocycles. The van der Waals surface area contributed by atoms with Crippen LogP contribution >= 0.6 is 23.5 Å². The van der Waals surface area contributed by atoms with E-state index in [0.29, 0.717) is 11.7 Å². The Hall–Kier alpha value is -0.980. The maximum atomic E-state index is 5.44. The quantitative estimate of drug-likeness (QED) is 0.859. The van der Waals surface area contributed by atoms with E-state index < -0.39 is 0 Å². The van der Waals surface area contributed by atoms with Gasteiger partial charge in [0.25, 0.3) is 0 Å². The SMILES string of the molecule is CSc1ccc(-c2noc(CN)n2)cc1SC. The Kier molecular flexibility index (Phi) is 4.09. The van der Waals surface area contributed by atoms with E-state index >= 15 is 0 Å². The number of rotatable bonds is 4. The molecule has 6 heteroatoms. The summed E-state index contributed by atoms with van der Waals surface area (Å²) in [5, 5.41) is 3.91. The molecule has 0 aliphatic heterocycles. The molecule has 1 aromatic carbocycles. The molecule has 0 saturated heterocycles. The Morgan fingerprint density at radius 3 is 2.59 bits per heavy atom. The Bertz CT molecular complexity index is 513. The van der Waals surface area contributed by atoms with Crippen molar-refractivity contribution in [1.29, 1.82) is 0 Å². The van der Waals surface area contributed by atoms with E-state index in [-0.39, 0.29) is 6.54 Å². The topological polar surface area (TPSA) is 64.9 Å². The van der Waals surface area contributed by atoms with Crippen molar-refractivity contribution in [2.45, 2.75) is 16.3 Å². The van der Waals surface area contributed by atoms with Crippen LogP contribution in [0.1, 0.15) is 5.89 Å². The van der Waals surface area contributed by atoms with Crippen LogP contribution in [-0.4, -0.2) is 22.7 Å². The second-order valence-electron chi connectivity index (χ2n) is 3.29. The van der Waals surface area contributed by atoms with Gasteiger partial charge in [0.05, 0.1) is 6.54 Å². The normalized spacial score (nSPS) is 10.8. The first-order valence-corrected chi connectivity index (χ1v) is 7.48. The van der Waals surface area contributed by atoms with Gasteiger partial charge in [-0.1, -0.05) is 5.16 Å². The molecule has 2 aromatic rings. The van der Waals surface area contributed by atoms with Gasteiger partial charge in [0.15, 0.2) is 0 Å². The van der Waals surface area contributed by atoms with Crippen molar-refractivity contribution in [3.8, 4) is 11.4 Å². The molecule has 0 radical (unpaired) electrons. The zero-order chi connectivity index (χ0) is 12.3. The lowest BCUT2D eigenvalue weighted by Crippen LogP contribution is -1.95. The van der Waals surface area contributed by atoms with Gasteiger partial charge < -0.3 is 10.3 Å². The number of nitrogens with zero attached hydrogens (tertiary/aromatic N) is 2. The van der Waals surface area contributed by atoms with E-state index in [2.05, 4.69) is 34.8 Å². The number of hydrogen-bond donors (Lipinski definition) is 1. The Morgan fingerprint density at radius 1 is 1.24 bits per heavy atom. The Balaban J connectivity index is 2.38. The van der Waals surface area contributed by atoms with Crippen molar-refractivity contribution < 1.29 is 4.52 Å². The summed E-state index contributed by atoms with van der Waals surface area (Å²) in [6, 6.07) is 6.14. The van der Waals surface area contributed by atoms with Gasteiger partial charge in [0.1, 0.15) is 0 Å². The van der Waals surface area contributed by atoms with E-state index in [9.17, 15) is 0 Å². The number of benzene rings is 1.